The van der Waals surface area contributed by atoms with Crippen LogP contribution in [0.2, 0.25) is 0 Å². The summed E-state index contributed by atoms with van der Waals surface area (Å²) >= 11 is 0. The molecule has 1 aromatic rings. The van der Waals surface area contributed by atoms with Crippen LogP contribution in [-0.2, 0) is 14.8 Å². The maximum atomic E-state index is 12.6. The molecule has 1 aliphatic rings. The van der Waals surface area contributed by atoms with Gasteiger partial charge in [-0.05, 0) is 19.1 Å². The summed E-state index contributed by atoms with van der Waals surface area (Å²) in [7, 11) is -3.74. The molecule has 7 nitrogen and oxygen atoms in total. The number of sulfonamides is 1. The fraction of sp³-hybridized carbons (Fsp3) is 0.500. The molecule has 150 valence electrons. The number of hydrogen-bond acceptors (Lipinski definition) is 5. The first kappa shape index (κ1) is 21.3. The van der Waals surface area contributed by atoms with Gasteiger partial charge in [-0.3, -0.25) is 14.5 Å². The SMILES string of the molecule is CC(=O)c1ccc(S(=O)(=O)N2CCN(CC(=O)NCC(F)(F)F)CC2)cc1. The molecule has 1 aliphatic heterocycles. The van der Waals surface area contributed by atoms with E-state index in [1.54, 1.807) is 10.2 Å². The van der Waals surface area contributed by atoms with Gasteiger partial charge in [0.2, 0.25) is 15.9 Å². The zero-order valence-corrected chi connectivity index (χ0v) is 15.4. The minimum atomic E-state index is -4.47. The lowest BCUT2D eigenvalue weighted by molar-refractivity contribution is -0.139. The molecule has 1 amide bonds. The van der Waals surface area contributed by atoms with Gasteiger partial charge < -0.3 is 5.32 Å². The van der Waals surface area contributed by atoms with E-state index in [-0.39, 0.29) is 43.4 Å². The molecule has 1 heterocycles. The molecule has 1 aromatic carbocycles. The molecule has 1 N–H and O–H groups in total. The second-order valence-corrected chi connectivity index (χ2v) is 8.09. The van der Waals surface area contributed by atoms with Gasteiger partial charge in [-0.2, -0.15) is 17.5 Å². The average molecular weight is 407 g/mol. The van der Waals surface area contributed by atoms with Gasteiger partial charge in [0.1, 0.15) is 6.54 Å². The van der Waals surface area contributed by atoms with Gasteiger partial charge in [0.15, 0.2) is 5.78 Å². The quantitative estimate of drug-likeness (QED) is 0.708. The van der Waals surface area contributed by atoms with Crippen LogP contribution in [0.3, 0.4) is 0 Å². The van der Waals surface area contributed by atoms with Crippen LogP contribution in [0.25, 0.3) is 0 Å². The van der Waals surface area contributed by atoms with Crippen molar-refractivity contribution in [1.82, 2.24) is 14.5 Å². The third-order valence-corrected chi connectivity index (χ3v) is 6.00. The molecule has 2 rings (SSSR count). The fourth-order valence-corrected chi connectivity index (χ4v) is 4.02. The smallest absolute Gasteiger partial charge is 0.346 e. The summed E-state index contributed by atoms with van der Waals surface area (Å²) in [5.41, 5.74) is 0.406. The number of benzene rings is 1. The van der Waals surface area contributed by atoms with Crippen LogP contribution in [0, 0.1) is 0 Å². The number of alkyl halides is 3. The number of halogens is 3. The van der Waals surface area contributed by atoms with Crippen molar-refractivity contribution in [2.45, 2.75) is 18.0 Å². The number of hydrogen-bond donors (Lipinski definition) is 1. The summed E-state index contributed by atoms with van der Waals surface area (Å²) in [6.45, 7) is 0.447. The van der Waals surface area contributed by atoms with Gasteiger partial charge in [-0.25, -0.2) is 8.42 Å². The van der Waals surface area contributed by atoms with E-state index < -0.39 is 28.7 Å². The minimum absolute atomic E-state index is 0.0591. The van der Waals surface area contributed by atoms with Crippen LogP contribution in [0.4, 0.5) is 13.2 Å². The summed E-state index contributed by atoms with van der Waals surface area (Å²) in [5.74, 6) is -0.931. The lowest BCUT2D eigenvalue weighted by Crippen LogP contribution is -2.51. The zero-order valence-electron chi connectivity index (χ0n) is 14.6. The third kappa shape index (κ3) is 6.01. The molecule has 0 aromatic heterocycles. The number of Topliss-reactive ketones (excluding diaryl/α,β-unsaturated/α-hetero) is 1. The standard InChI is InChI=1S/C16H20F3N3O4S/c1-12(23)13-2-4-14(5-3-13)27(25,26)22-8-6-21(7-9-22)10-15(24)20-11-16(17,18)19/h2-5H,6-11H2,1H3,(H,20,24). The van der Waals surface area contributed by atoms with Gasteiger partial charge in [0, 0.05) is 31.7 Å². The summed E-state index contributed by atoms with van der Waals surface area (Å²) in [5, 5.41) is 1.79. The Kier molecular flexibility index (Phi) is 6.60. The number of ketones is 1. The molecular formula is C16H20F3N3O4S. The van der Waals surface area contributed by atoms with Crippen molar-refractivity contribution >= 4 is 21.7 Å². The average Bonchev–Trinajstić information content (AvgIpc) is 2.60. The van der Waals surface area contributed by atoms with Crippen LogP contribution >= 0.6 is 0 Å². The van der Waals surface area contributed by atoms with Gasteiger partial charge in [0.25, 0.3) is 0 Å². The zero-order chi connectivity index (χ0) is 20.2. The lowest BCUT2D eigenvalue weighted by Gasteiger charge is -2.33. The second kappa shape index (κ2) is 8.36. The molecule has 11 heteroatoms. The molecule has 0 aliphatic carbocycles. The first-order valence-electron chi connectivity index (χ1n) is 8.16. The number of amides is 1. The van der Waals surface area contributed by atoms with Crippen LogP contribution in [0.1, 0.15) is 17.3 Å². The predicted molar refractivity (Wildman–Crippen MR) is 90.7 cm³/mol. The molecule has 0 radical (unpaired) electrons. The highest BCUT2D eigenvalue weighted by molar-refractivity contribution is 7.89. The Morgan fingerprint density at radius 1 is 1.07 bits per heavy atom. The molecule has 27 heavy (non-hydrogen) atoms. The van der Waals surface area contributed by atoms with E-state index in [1.165, 1.54) is 35.5 Å². The number of rotatable bonds is 6. The van der Waals surface area contributed by atoms with E-state index in [9.17, 15) is 31.2 Å². The van der Waals surface area contributed by atoms with Gasteiger partial charge in [-0.1, -0.05) is 12.1 Å². The van der Waals surface area contributed by atoms with Crippen molar-refractivity contribution in [3.05, 3.63) is 29.8 Å². The largest absolute Gasteiger partial charge is 0.405 e. The van der Waals surface area contributed by atoms with E-state index >= 15 is 0 Å². The number of nitrogens with zero attached hydrogens (tertiary/aromatic N) is 2. The van der Waals surface area contributed by atoms with Gasteiger partial charge in [0.05, 0.1) is 11.4 Å². The highest BCUT2D eigenvalue weighted by Crippen LogP contribution is 2.18. The minimum Gasteiger partial charge on any atom is -0.346 e. The fourth-order valence-electron chi connectivity index (χ4n) is 2.60. The number of piperazine rings is 1. The van der Waals surface area contributed by atoms with Crippen molar-refractivity contribution in [3.63, 3.8) is 0 Å². The van der Waals surface area contributed by atoms with Crippen molar-refractivity contribution in [2.24, 2.45) is 0 Å². The summed E-state index contributed by atoms with van der Waals surface area (Å²) in [6.07, 6.45) is -4.47. The van der Waals surface area contributed by atoms with Crippen LogP contribution in [-0.4, -0.2) is 74.8 Å². The number of nitrogens with one attached hydrogen (secondary N) is 1. The Labute approximate surface area is 155 Å². The Hall–Kier alpha value is -1.98. The van der Waals surface area contributed by atoms with E-state index in [4.69, 9.17) is 0 Å². The van der Waals surface area contributed by atoms with Crippen molar-refractivity contribution < 1.29 is 31.2 Å². The lowest BCUT2D eigenvalue weighted by atomic mass is 10.2. The Bertz CT molecular complexity index is 786. The maximum Gasteiger partial charge on any atom is 0.405 e. The Morgan fingerprint density at radius 3 is 2.11 bits per heavy atom. The first-order chi connectivity index (χ1) is 12.5. The molecule has 0 unspecified atom stereocenters. The molecule has 0 bridgehead atoms. The van der Waals surface area contributed by atoms with E-state index in [0.717, 1.165) is 0 Å². The van der Waals surface area contributed by atoms with Crippen molar-refractivity contribution in [3.8, 4) is 0 Å². The van der Waals surface area contributed by atoms with Crippen molar-refractivity contribution in [1.29, 1.82) is 0 Å². The van der Waals surface area contributed by atoms with Gasteiger partial charge >= 0.3 is 6.18 Å². The molecular weight excluding hydrogens is 387 g/mol. The second-order valence-electron chi connectivity index (χ2n) is 6.15. The number of carbonyl (C=O) groups excluding carboxylic acids is 2. The summed E-state index contributed by atoms with van der Waals surface area (Å²) in [6, 6.07) is 5.61. The molecule has 1 fully saturated rings. The van der Waals surface area contributed by atoms with Crippen LogP contribution in [0.5, 0.6) is 0 Å². The monoisotopic (exact) mass is 407 g/mol. The Balaban J connectivity index is 1.90. The molecule has 0 spiro atoms. The van der Waals surface area contributed by atoms with E-state index in [2.05, 4.69) is 0 Å². The van der Waals surface area contributed by atoms with Gasteiger partial charge in [-0.15, -0.1) is 0 Å². The summed E-state index contributed by atoms with van der Waals surface area (Å²) in [4.78, 5) is 24.5. The third-order valence-electron chi connectivity index (χ3n) is 4.08. The molecule has 1 saturated heterocycles. The summed E-state index contributed by atoms with van der Waals surface area (Å²) < 4.78 is 62.8. The van der Waals surface area contributed by atoms with E-state index in [0.29, 0.717) is 5.56 Å². The highest BCUT2D eigenvalue weighted by atomic mass is 32.2. The van der Waals surface area contributed by atoms with Crippen molar-refractivity contribution in [2.75, 3.05) is 39.3 Å². The van der Waals surface area contributed by atoms with Crippen LogP contribution in [0.15, 0.2) is 29.2 Å². The molecule has 0 atom stereocenters. The molecule has 0 saturated carbocycles. The number of carbonyl (C=O) groups is 2. The van der Waals surface area contributed by atoms with Crippen LogP contribution < -0.4 is 5.32 Å². The first-order valence-corrected chi connectivity index (χ1v) is 9.60. The highest BCUT2D eigenvalue weighted by Gasteiger charge is 2.30. The maximum absolute atomic E-state index is 12.6. The Morgan fingerprint density at radius 2 is 1.63 bits per heavy atom. The predicted octanol–water partition coefficient (Wildman–Crippen LogP) is 0.874. The van der Waals surface area contributed by atoms with E-state index in [1.807, 2.05) is 0 Å². The topological polar surface area (TPSA) is 86.8 Å². The normalized spacial score (nSPS) is 16.9.